The summed E-state index contributed by atoms with van der Waals surface area (Å²) in [5, 5.41) is 10.2. The van der Waals surface area contributed by atoms with E-state index in [-0.39, 0.29) is 0 Å². The number of rotatable bonds is 7. The Hall–Kier alpha value is -1.98. The Kier molecular flexibility index (Phi) is 5.77. The molecule has 0 radical (unpaired) electrons. The van der Waals surface area contributed by atoms with Gasteiger partial charge < -0.3 is 19.3 Å². The minimum Gasteiger partial charge on any atom is -0.368 e. The third kappa shape index (κ3) is 4.10. The van der Waals surface area contributed by atoms with Crippen LogP contribution in [0, 0.1) is 0 Å². The standard InChI is InChI=1S/C20H22O4/c1-2-17-18(22-13-15-9-5-3-6-10-15)19(20(21)24-17)23-14-16-11-7-4-8-12-16/h2-12,17-21H,1,13-14H2/t17-,18+,19-,20?/m1/s1. The van der Waals surface area contributed by atoms with Gasteiger partial charge in [-0.15, -0.1) is 6.58 Å². The van der Waals surface area contributed by atoms with Gasteiger partial charge in [0.2, 0.25) is 0 Å². The van der Waals surface area contributed by atoms with Gasteiger partial charge in [0.25, 0.3) is 0 Å². The summed E-state index contributed by atoms with van der Waals surface area (Å²) in [7, 11) is 0. The molecular formula is C20H22O4. The highest BCUT2D eigenvalue weighted by Crippen LogP contribution is 2.27. The second-order valence-corrected chi connectivity index (χ2v) is 5.75. The van der Waals surface area contributed by atoms with Crippen molar-refractivity contribution in [3.8, 4) is 0 Å². The lowest BCUT2D eigenvalue weighted by molar-refractivity contribution is -0.146. The largest absolute Gasteiger partial charge is 0.368 e. The maximum absolute atomic E-state index is 10.2. The van der Waals surface area contributed by atoms with E-state index in [1.54, 1.807) is 6.08 Å². The first-order valence-corrected chi connectivity index (χ1v) is 8.05. The van der Waals surface area contributed by atoms with E-state index in [9.17, 15) is 5.11 Å². The van der Waals surface area contributed by atoms with E-state index in [4.69, 9.17) is 14.2 Å². The van der Waals surface area contributed by atoms with E-state index in [1.165, 1.54) is 0 Å². The molecule has 2 aromatic carbocycles. The van der Waals surface area contributed by atoms with Gasteiger partial charge in [-0.1, -0.05) is 66.7 Å². The van der Waals surface area contributed by atoms with Crippen molar-refractivity contribution in [1.29, 1.82) is 0 Å². The fourth-order valence-electron chi connectivity index (χ4n) is 2.75. The van der Waals surface area contributed by atoms with Crippen LogP contribution in [0.4, 0.5) is 0 Å². The fraction of sp³-hybridized carbons (Fsp3) is 0.300. The van der Waals surface area contributed by atoms with E-state index < -0.39 is 24.6 Å². The van der Waals surface area contributed by atoms with E-state index >= 15 is 0 Å². The van der Waals surface area contributed by atoms with Crippen molar-refractivity contribution in [2.75, 3.05) is 0 Å². The molecule has 3 rings (SSSR count). The Morgan fingerprint density at radius 2 is 1.38 bits per heavy atom. The van der Waals surface area contributed by atoms with Crippen LogP contribution in [-0.4, -0.2) is 29.7 Å². The summed E-state index contributed by atoms with van der Waals surface area (Å²) in [6.07, 6.45) is -0.745. The van der Waals surface area contributed by atoms with Crippen LogP contribution >= 0.6 is 0 Å². The van der Waals surface area contributed by atoms with Crippen LogP contribution in [0.5, 0.6) is 0 Å². The number of hydrogen-bond donors (Lipinski definition) is 1. The van der Waals surface area contributed by atoms with Crippen molar-refractivity contribution < 1.29 is 19.3 Å². The Labute approximate surface area is 142 Å². The van der Waals surface area contributed by atoms with Crippen LogP contribution in [0.3, 0.4) is 0 Å². The fourth-order valence-corrected chi connectivity index (χ4v) is 2.75. The van der Waals surface area contributed by atoms with Crippen LogP contribution < -0.4 is 0 Å². The molecule has 1 aliphatic rings. The Morgan fingerprint density at radius 3 is 1.88 bits per heavy atom. The zero-order chi connectivity index (χ0) is 16.8. The lowest BCUT2D eigenvalue weighted by Crippen LogP contribution is -2.37. The molecule has 0 spiro atoms. The summed E-state index contributed by atoms with van der Waals surface area (Å²) in [6.45, 7) is 4.58. The topological polar surface area (TPSA) is 47.9 Å². The molecule has 4 atom stereocenters. The Bertz CT molecular complexity index is 629. The zero-order valence-corrected chi connectivity index (χ0v) is 13.5. The van der Waals surface area contributed by atoms with Gasteiger partial charge in [0.1, 0.15) is 18.3 Å². The molecule has 1 saturated heterocycles. The second-order valence-electron chi connectivity index (χ2n) is 5.75. The van der Waals surface area contributed by atoms with Crippen molar-refractivity contribution in [3.63, 3.8) is 0 Å². The molecule has 0 amide bonds. The Balaban J connectivity index is 1.64. The van der Waals surface area contributed by atoms with E-state index in [1.807, 2.05) is 60.7 Å². The number of aliphatic hydroxyl groups is 1. The monoisotopic (exact) mass is 326 g/mol. The van der Waals surface area contributed by atoms with Crippen LogP contribution in [0.2, 0.25) is 0 Å². The molecule has 2 aromatic rings. The molecular weight excluding hydrogens is 304 g/mol. The molecule has 0 aromatic heterocycles. The molecule has 126 valence electrons. The average Bonchev–Trinajstić information content (AvgIpc) is 2.94. The minimum atomic E-state index is -1.03. The SMILES string of the molecule is C=C[C@H]1OC(O)[C@H](OCc2ccccc2)[C@H]1OCc1ccccc1. The summed E-state index contributed by atoms with van der Waals surface area (Å²) < 4.78 is 17.4. The maximum Gasteiger partial charge on any atom is 0.184 e. The highest BCUT2D eigenvalue weighted by Gasteiger charge is 2.44. The van der Waals surface area contributed by atoms with Crippen LogP contribution in [0.25, 0.3) is 0 Å². The second kappa shape index (κ2) is 8.22. The van der Waals surface area contributed by atoms with Gasteiger partial charge in [0.05, 0.1) is 13.2 Å². The van der Waals surface area contributed by atoms with Crippen LogP contribution in [-0.2, 0) is 27.4 Å². The first-order valence-electron chi connectivity index (χ1n) is 8.05. The number of benzene rings is 2. The van der Waals surface area contributed by atoms with Crippen molar-refractivity contribution in [2.24, 2.45) is 0 Å². The molecule has 4 heteroatoms. The third-order valence-corrected chi connectivity index (χ3v) is 4.03. The van der Waals surface area contributed by atoms with Gasteiger partial charge in [0, 0.05) is 0 Å². The zero-order valence-electron chi connectivity index (χ0n) is 13.5. The quantitative estimate of drug-likeness (QED) is 0.795. The molecule has 1 fully saturated rings. The highest BCUT2D eigenvalue weighted by molar-refractivity contribution is 5.14. The molecule has 1 unspecified atom stereocenters. The molecule has 0 saturated carbocycles. The van der Waals surface area contributed by atoms with Crippen molar-refractivity contribution >= 4 is 0 Å². The average molecular weight is 326 g/mol. The molecule has 1 N–H and O–H groups in total. The normalized spacial score (nSPS) is 26.4. The summed E-state index contributed by atoms with van der Waals surface area (Å²) >= 11 is 0. The van der Waals surface area contributed by atoms with Gasteiger partial charge >= 0.3 is 0 Å². The van der Waals surface area contributed by atoms with Gasteiger partial charge in [-0.3, -0.25) is 0 Å². The van der Waals surface area contributed by atoms with Gasteiger partial charge in [0.15, 0.2) is 6.29 Å². The summed E-state index contributed by atoms with van der Waals surface area (Å²) in [4.78, 5) is 0. The summed E-state index contributed by atoms with van der Waals surface area (Å²) in [5.41, 5.74) is 2.09. The molecule has 1 aliphatic heterocycles. The van der Waals surface area contributed by atoms with Crippen molar-refractivity contribution in [3.05, 3.63) is 84.4 Å². The van der Waals surface area contributed by atoms with Gasteiger partial charge in [-0.25, -0.2) is 0 Å². The van der Waals surface area contributed by atoms with E-state index in [2.05, 4.69) is 6.58 Å². The summed E-state index contributed by atoms with van der Waals surface area (Å²) in [6, 6.07) is 19.7. The molecule has 0 bridgehead atoms. The number of hydrogen-bond acceptors (Lipinski definition) is 4. The smallest absolute Gasteiger partial charge is 0.184 e. The minimum absolute atomic E-state index is 0.390. The molecule has 4 nitrogen and oxygen atoms in total. The van der Waals surface area contributed by atoms with Crippen molar-refractivity contribution in [2.45, 2.75) is 37.8 Å². The molecule has 24 heavy (non-hydrogen) atoms. The lowest BCUT2D eigenvalue weighted by Gasteiger charge is -2.22. The summed E-state index contributed by atoms with van der Waals surface area (Å²) in [5.74, 6) is 0. The first kappa shape index (κ1) is 16.9. The van der Waals surface area contributed by atoms with Crippen molar-refractivity contribution in [1.82, 2.24) is 0 Å². The van der Waals surface area contributed by atoms with Crippen LogP contribution in [0.15, 0.2) is 73.3 Å². The Morgan fingerprint density at radius 1 is 0.875 bits per heavy atom. The van der Waals surface area contributed by atoms with Gasteiger partial charge in [-0.05, 0) is 11.1 Å². The maximum atomic E-state index is 10.2. The first-order chi connectivity index (χ1) is 11.8. The molecule has 0 aliphatic carbocycles. The predicted octanol–water partition coefficient (Wildman–Crippen LogP) is 3.06. The third-order valence-electron chi connectivity index (χ3n) is 4.03. The highest BCUT2D eigenvalue weighted by atomic mass is 16.7. The molecule has 1 heterocycles. The van der Waals surface area contributed by atoms with Gasteiger partial charge in [-0.2, -0.15) is 0 Å². The van der Waals surface area contributed by atoms with E-state index in [0.29, 0.717) is 13.2 Å². The van der Waals surface area contributed by atoms with E-state index in [0.717, 1.165) is 11.1 Å². The van der Waals surface area contributed by atoms with Crippen LogP contribution in [0.1, 0.15) is 11.1 Å². The predicted molar refractivity (Wildman–Crippen MR) is 91.1 cm³/mol. The lowest BCUT2D eigenvalue weighted by atomic mass is 10.1. The number of aliphatic hydroxyl groups excluding tert-OH is 1. The number of ether oxygens (including phenoxy) is 3.